The molecule has 6 nitrogen and oxygen atoms in total. The third-order valence-electron chi connectivity index (χ3n) is 3.25. The molecule has 0 saturated carbocycles. The minimum atomic E-state index is -0.670. The van der Waals surface area contributed by atoms with Crippen molar-refractivity contribution in [3.8, 4) is 0 Å². The Labute approximate surface area is 99.8 Å². The van der Waals surface area contributed by atoms with E-state index >= 15 is 0 Å². The minimum Gasteiger partial charge on any atom is -0.390 e. The Morgan fingerprint density at radius 3 is 3.00 bits per heavy atom. The number of hydrogen-bond donors (Lipinski definition) is 3. The van der Waals surface area contributed by atoms with Crippen LogP contribution in [0, 0.1) is 0 Å². The van der Waals surface area contributed by atoms with Crippen molar-refractivity contribution in [1.82, 2.24) is 15.1 Å². The quantitative estimate of drug-likeness (QED) is 0.658. The lowest BCUT2D eigenvalue weighted by Crippen LogP contribution is -2.33. The molecule has 1 atom stereocenters. The fourth-order valence-corrected chi connectivity index (χ4v) is 2.10. The van der Waals surface area contributed by atoms with Gasteiger partial charge in [0, 0.05) is 13.1 Å². The summed E-state index contributed by atoms with van der Waals surface area (Å²) in [5.41, 5.74) is 5.36. The smallest absolute Gasteiger partial charge is 0.259 e. The highest BCUT2D eigenvalue weighted by Gasteiger charge is 2.28. The van der Waals surface area contributed by atoms with Gasteiger partial charge in [0.1, 0.15) is 11.4 Å². The summed E-state index contributed by atoms with van der Waals surface area (Å²) in [6.07, 6.45) is 3.56. The van der Waals surface area contributed by atoms with Crippen molar-refractivity contribution in [1.29, 1.82) is 0 Å². The first-order chi connectivity index (χ1) is 7.99. The van der Waals surface area contributed by atoms with Gasteiger partial charge in [0.2, 0.25) is 0 Å². The van der Waals surface area contributed by atoms with Crippen LogP contribution in [0.1, 0.15) is 36.5 Å². The van der Waals surface area contributed by atoms with E-state index in [2.05, 4.69) is 10.2 Å². The van der Waals surface area contributed by atoms with Crippen LogP contribution >= 0.6 is 0 Å². The first-order valence-corrected chi connectivity index (χ1v) is 5.80. The number of nitrogen functional groups attached to an aromatic ring is 1. The van der Waals surface area contributed by atoms with E-state index in [-0.39, 0.29) is 5.91 Å². The zero-order chi connectivity index (χ0) is 12.5. The standard InChI is InChI=1S/C11H18N4O2/c1-11(17)3-2-5-15(6-4-11)10(16)8-7-13-14-9(8)12/h7,17H,2-6H2,1H3,(H3,12,13,14). The van der Waals surface area contributed by atoms with Crippen LogP contribution in [-0.2, 0) is 0 Å². The van der Waals surface area contributed by atoms with Gasteiger partial charge in [-0.1, -0.05) is 0 Å². The second kappa shape index (κ2) is 4.37. The van der Waals surface area contributed by atoms with Gasteiger partial charge < -0.3 is 15.7 Å². The van der Waals surface area contributed by atoms with Crippen LogP contribution in [0.2, 0.25) is 0 Å². The van der Waals surface area contributed by atoms with E-state index in [1.54, 1.807) is 4.90 Å². The Balaban J connectivity index is 2.08. The SMILES string of the molecule is CC1(O)CCCN(C(=O)c2cn[nH]c2N)CC1. The Kier molecular flexibility index (Phi) is 3.06. The Bertz CT molecular complexity index is 413. The number of H-pyrrole nitrogens is 1. The molecule has 1 saturated heterocycles. The molecule has 1 fully saturated rings. The van der Waals surface area contributed by atoms with Crippen molar-refractivity contribution >= 4 is 11.7 Å². The first kappa shape index (κ1) is 11.9. The van der Waals surface area contributed by atoms with Gasteiger partial charge in [-0.25, -0.2) is 0 Å². The summed E-state index contributed by atoms with van der Waals surface area (Å²) in [6.45, 7) is 3.02. The summed E-state index contributed by atoms with van der Waals surface area (Å²) >= 11 is 0. The number of rotatable bonds is 1. The van der Waals surface area contributed by atoms with Crippen LogP contribution in [0.4, 0.5) is 5.82 Å². The van der Waals surface area contributed by atoms with Crippen molar-refractivity contribution < 1.29 is 9.90 Å². The molecule has 1 aliphatic heterocycles. The molecule has 0 aliphatic carbocycles. The van der Waals surface area contributed by atoms with Crippen LogP contribution in [0.25, 0.3) is 0 Å². The molecule has 6 heteroatoms. The monoisotopic (exact) mass is 238 g/mol. The molecule has 0 aromatic carbocycles. The van der Waals surface area contributed by atoms with Crippen molar-refractivity contribution in [2.75, 3.05) is 18.8 Å². The second-order valence-corrected chi connectivity index (χ2v) is 4.84. The highest BCUT2D eigenvalue weighted by atomic mass is 16.3. The zero-order valence-corrected chi connectivity index (χ0v) is 9.94. The molecule has 1 amide bonds. The number of nitrogens with one attached hydrogen (secondary N) is 1. The maximum Gasteiger partial charge on any atom is 0.259 e. The van der Waals surface area contributed by atoms with Crippen molar-refractivity contribution in [3.05, 3.63) is 11.8 Å². The summed E-state index contributed by atoms with van der Waals surface area (Å²) in [6, 6.07) is 0. The normalized spacial score (nSPS) is 25.6. The summed E-state index contributed by atoms with van der Waals surface area (Å²) in [7, 11) is 0. The summed E-state index contributed by atoms with van der Waals surface area (Å²) in [4.78, 5) is 13.9. The number of amides is 1. The van der Waals surface area contributed by atoms with E-state index in [1.165, 1.54) is 6.20 Å². The zero-order valence-electron chi connectivity index (χ0n) is 9.94. The van der Waals surface area contributed by atoms with Gasteiger partial charge in [0.25, 0.3) is 5.91 Å². The average molecular weight is 238 g/mol. The van der Waals surface area contributed by atoms with Crippen molar-refractivity contribution in [2.45, 2.75) is 31.8 Å². The van der Waals surface area contributed by atoms with Crippen molar-refractivity contribution in [3.63, 3.8) is 0 Å². The minimum absolute atomic E-state index is 0.117. The lowest BCUT2D eigenvalue weighted by molar-refractivity contribution is 0.0438. The van der Waals surface area contributed by atoms with Gasteiger partial charge in [-0.15, -0.1) is 0 Å². The third kappa shape index (κ3) is 2.58. The number of aromatic nitrogens is 2. The molecule has 4 N–H and O–H groups in total. The topological polar surface area (TPSA) is 95.2 Å². The number of carbonyl (C=O) groups is 1. The van der Waals surface area contributed by atoms with E-state index in [0.717, 1.165) is 12.8 Å². The van der Waals surface area contributed by atoms with Crippen LogP contribution < -0.4 is 5.73 Å². The molecule has 0 spiro atoms. The Morgan fingerprint density at radius 2 is 2.35 bits per heavy atom. The van der Waals surface area contributed by atoms with Gasteiger partial charge in [-0.05, 0) is 26.2 Å². The average Bonchev–Trinajstić information content (AvgIpc) is 2.59. The second-order valence-electron chi connectivity index (χ2n) is 4.84. The van der Waals surface area contributed by atoms with Crippen LogP contribution in [0.15, 0.2) is 6.20 Å². The molecule has 2 rings (SSSR count). The maximum absolute atomic E-state index is 12.1. The maximum atomic E-state index is 12.1. The number of carbonyl (C=O) groups excluding carboxylic acids is 1. The molecular formula is C11H18N4O2. The van der Waals surface area contributed by atoms with E-state index < -0.39 is 5.60 Å². The lowest BCUT2D eigenvalue weighted by atomic mass is 9.98. The molecule has 1 aliphatic rings. The lowest BCUT2D eigenvalue weighted by Gasteiger charge is -2.22. The predicted molar refractivity (Wildman–Crippen MR) is 63.4 cm³/mol. The van der Waals surface area contributed by atoms with Gasteiger partial charge in [-0.3, -0.25) is 9.89 Å². The van der Waals surface area contributed by atoms with Gasteiger partial charge >= 0.3 is 0 Å². The Hall–Kier alpha value is -1.56. The van der Waals surface area contributed by atoms with Crippen LogP contribution in [-0.4, -0.2) is 44.8 Å². The van der Waals surface area contributed by atoms with Gasteiger partial charge in [-0.2, -0.15) is 5.10 Å². The van der Waals surface area contributed by atoms with E-state index in [4.69, 9.17) is 5.73 Å². The molecule has 0 bridgehead atoms. The molecule has 1 unspecified atom stereocenters. The third-order valence-corrected chi connectivity index (χ3v) is 3.25. The largest absolute Gasteiger partial charge is 0.390 e. The van der Waals surface area contributed by atoms with E-state index in [9.17, 15) is 9.90 Å². The highest BCUT2D eigenvalue weighted by molar-refractivity contribution is 5.98. The number of aliphatic hydroxyl groups is 1. The molecular weight excluding hydrogens is 220 g/mol. The molecule has 17 heavy (non-hydrogen) atoms. The number of likely N-dealkylation sites (tertiary alicyclic amines) is 1. The highest BCUT2D eigenvalue weighted by Crippen LogP contribution is 2.22. The first-order valence-electron chi connectivity index (χ1n) is 5.80. The number of hydrogen-bond acceptors (Lipinski definition) is 4. The van der Waals surface area contributed by atoms with Crippen molar-refractivity contribution in [2.24, 2.45) is 0 Å². The van der Waals surface area contributed by atoms with Gasteiger partial charge in [0.15, 0.2) is 0 Å². The van der Waals surface area contributed by atoms with E-state index in [0.29, 0.717) is 30.9 Å². The van der Waals surface area contributed by atoms with Gasteiger partial charge in [0.05, 0.1) is 11.8 Å². The molecule has 0 radical (unpaired) electrons. The Morgan fingerprint density at radius 1 is 1.59 bits per heavy atom. The molecule has 2 heterocycles. The number of anilines is 1. The summed E-state index contributed by atoms with van der Waals surface area (Å²) in [5, 5.41) is 16.3. The van der Waals surface area contributed by atoms with E-state index in [1.807, 2.05) is 6.92 Å². The fourth-order valence-electron chi connectivity index (χ4n) is 2.10. The number of aromatic amines is 1. The summed E-state index contributed by atoms with van der Waals surface area (Å²) < 4.78 is 0. The van der Waals surface area contributed by atoms with Crippen LogP contribution in [0.3, 0.4) is 0 Å². The van der Waals surface area contributed by atoms with Crippen LogP contribution in [0.5, 0.6) is 0 Å². The number of nitrogens with two attached hydrogens (primary N) is 1. The fraction of sp³-hybridized carbons (Fsp3) is 0.636. The number of nitrogens with zero attached hydrogens (tertiary/aromatic N) is 2. The molecule has 94 valence electrons. The molecule has 1 aromatic rings. The predicted octanol–water partition coefficient (Wildman–Crippen LogP) is 0.369. The summed E-state index contributed by atoms with van der Waals surface area (Å²) in [5.74, 6) is 0.181. The molecule has 1 aromatic heterocycles.